The first-order valence-electron chi connectivity index (χ1n) is 7.53. The summed E-state index contributed by atoms with van der Waals surface area (Å²) in [6, 6.07) is 6.72. The maximum Gasteiger partial charge on any atom is 0.254 e. The van der Waals surface area contributed by atoms with Crippen molar-refractivity contribution >= 4 is 17.6 Å². The third-order valence-corrected chi connectivity index (χ3v) is 4.04. The van der Waals surface area contributed by atoms with E-state index in [2.05, 4.69) is 10.5 Å². The number of benzene rings is 1. The molecule has 1 aromatic carbocycles. The van der Waals surface area contributed by atoms with Crippen molar-refractivity contribution in [1.82, 2.24) is 10.1 Å². The maximum absolute atomic E-state index is 12.4. The third-order valence-electron chi connectivity index (χ3n) is 4.04. The van der Waals surface area contributed by atoms with Gasteiger partial charge in [-0.1, -0.05) is 5.16 Å². The van der Waals surface area contributed by atoms with E-state index in [1.54, 1.807) is 36.1 Å². The van der Waals surface area contributed by atoms with Gasteiger partial charge in [0.15, 0.2) is 17.3 Å². The van der Waals surface area contributed by atoms with Crippen LogP contribution in [-0.2, 0) is 4.79 Å². The third kappa shape index (κ3) is 2.55. The van der Waals surface area contributed by atoms with Crippen LogP contribution in [0.25, 0.3) is 0 Å². The van der Waals surface area contributed by atoms with Crippen molar-refractivity contribution in [3.8, 4) is 11.5 Å². The molecule has 1 N–H and O–H groups in total. The Morgan fingerprint density at radius 3 is 2.75 bits per heavy atom. The number of hydrogen-bond acceptors (Lipinski definition) is 6. The van der Waals surface area contributed by atoms with E-state index in [-0.39, 0.29) is 24.5 Å². The molecule has 8 nitrogen and oxygen atoms in total. The van der Waals surface area contributed by atoms with E-state index >= 15 is 0 Å². The second-order valence-electron chi connectivity index (χ2n) is 5.79. The SMILES string of the molecule is Cc1cc(NC(=O)C2CN(C(=O)c3ccc4c(c3)OCO4)C2)no1. The van der Waals surface area contributed by atoms with Gasteiger partial charge in [0.25, 0.3) is 5.91 Å². The minimum atomic E-state index is -0.250. The lowest BCUT2D eigenvalue weighted by molar-refractivity contribution is -0.123. The van der Waals surface area contributed by atoms with Gasteiger partial charge in [-0.15, -0.1) is 0 Å². The zero-order valence-corrected chi connectivity index (χ0v) is 12.9. The summed E-state index contributed by atoms with van der Waals surface area (Å²) in [4.78, 5) is 26.1. The second-order valence-corrected chi connectivity index (χ2v) is 5.79. The van der Waals surface area contributed by atoms with Gasteiger partial charge in [-0.25, -0.2) is 0 Å². The van der Waals surface area contributed by atoms with Crippen molar-refractivity contribution in [2.45, 2.75) is 6.92 Å². The molecule has 2 aliphatic rings. The number of aryl methyl sites for hydroxylation is 1. The van der Waals surface area contributed by atoms with Crippen LogP contribution in [-0.4, -0.2) is 41.8 Å². The Bertz CT molecular complexity index is 810. The van der Waals surface area contributed by atoms with Crippen molar-refractivity contribution in [2.24, 2.45) is 5.92 Å². The van der Waals surface area contributed by atoms with Gasteiger partial charge in [-0.3, -0.25) is 9.59 Å². The first kappa shape index (κ1) is 14.6. The predicted molar refractivity (Wildman–Crippen MR) is 81.8 cm³/mol. The zero-order chi connectivity index (χ0) is 16.7. The molecule has 0 aliphatic carbocycles. The summed E-state index contributed by atoms with van der Waals surface area (Å²) in [6.07, 6.45) is 0. The Morgan fingerprint density at radius 1 is 1.21 bits per heavy atom. The molecule has 0 bridgehead atoms. The van der Waals surface area contributed by atoms with E-state index in [0.29, 0.717) is 41.7 Å². The smallest absolute Gasteiger partial charge is 0.254 e. The zero-order valence-electron chi connectivity index (χ0n) is 12.9. The summed E-state index contributed by atoms with van der Waals surface area (Å²) in [6.45, 7) is 2.66. The van der Waals surface area contributed by atoms with Crippen LogP contribution in [0.15, 0.2) is 28.8 Å². The molecule has 24 heavy (non-hydrogen) atoms. The van der Waals surface area contributed by atoms with Gasteiger partial charge in [0.2, 0.25) is 12.7 Å². The molecule has 0 saturated carbocycles. The molecule has 0 radical (unpaired) electrons. The number of anilines is 1. The Kier molecular flexibility index (Phi) is 3.37. The number of rotatable bonds is 3. The molecule has 8 heteroatoms. The molecular weight excluding hydrogens is 314 g/mol. The molecule has 1 saturated heterocycles. The average Bonchev–Trinajstić information content (AvgIpc) is 3.13. The van der Waals surface area contributed by atoms with E-state index in [4.69, 9.17) is 14.0 Å². The number of amides is 2. The van der Waals surface area contributed by atoms with Crippen molar-refractivity contribution < 1.29 is 23.6 Å². The molecule has 0 spiro atoms. The molecule has 1 aromatic heterocycles. The van der Waals surface area contributed by atoms with E-state index in [9.17, 15) is 9.59 Å². The fourth-order valence-electron chi connectivity index (χ4n) is 2.68. The number of nitrogens with zero attached hydrogens (tertiary/aromatic N) is 2. The molecule has 3 heterocycles. The van der Waals surface area contributed by atoms with Crippen LogP contribution in [0.5, 0.6) is 11.5 Å². The van der Waals surface area contributed by atoms with Gasteiger partial charge in [0.1, 0.15) is 5.76 Å². The Morgan fingerprint density at radius 2 is 2.00 bits per heavy atom. The molecule has 2 amide bonds. The fourth-order valence-corrected chi connectivity index (χ4v) is 2.68. The summed E-state index contributed by atoms with van der Waals surface area (Å²) in [7, 11) is 0. The normalized spacial score (nSPS) is 16.0. The first-order chi connectivity index (χ1) is 11.6. The Balaban J connectivity index is 1.35. The van der Waals surface area contributed by atoms with Gasteiger partial charge in [-0.2, -0.15) is 0 Å². The summed E-state index contributed by atoms with van der Waals surface area (Å²) >= 11 is 0. The van der Waals surface area contributed by atoms with Crippen molar-refractivity contribution in [3.05, 3.63) is 35.6 Å². The number of carbonyl (C=O) groups is 2. The highest BCUT2D eigenvalue weighted by Gasteiger charge is 2.36. The number of fused-ring (bicyclic) bond motifs is 1. The van der Waals surface area contributed by atoms with E-state index < -0.39 is 0 Å². The Hall–Kier alpha value is -3.03. The van der Waals surface area contributed by atoms with E-state index in [1.807, 2.05) is 0 Å². The highest BCUT2D eigenvalue weighted by Crippen LogP contribution is 2.33. The van der Waals surface area contributed by atoms with Gasteiger partial charge in [0, 0.05) is 24.7 Å². The van der Waals surface area contributed by atoms with Crippen molar-refractivity contribution in [3.63, 3.8) is 0 Å². The van der Waals surface area contributed by atoms with Crippen molar-refractivity contribution in [1.29, 1.82) is 0 Å². The number of ether oxygens (including phenoxy) is 2. The highest BCUT2D eigenvalue weighted by atomic mass is 16.7. The lowest BCUT2D eigenvalue weighted by Crippen LogP contribution is -2.54. The standard InChI is InChI=1S/C16H15N3O5/c1-9-4-14(18-24-9)17-15(20)11-6-19(7-11)16(21)10-2-3-12-13(5-10)23-8-22-12/h2-5,11H,6-8H2,1H3,(H,17,18,20). The molecule has 124 valence electrons. The molecule has 0 atom stereocenters. The van der Waals surface area contributed by atoms with Crippen LogP contribution in [0.1, 0.15) is 16.1 Å². The molecule has 2 aliphatic heterocycles. The van der Waals surface area contributed by atoms with Crippen LogP contribution >= 0.6 is 0 Å². The molecule has 0 unspecified atom stereocenters. The van der Waals surface area contributed by atoms with Crippen LogP contribution in [0, 0.1) is 12.8 Å². The molecule has 2 aromatic rings. The van der Waals surface area contributed by atoms with Gasteiger partial charge >= 0.3 is 0 Å². The monoisotopic (exact) mass is 329 g/mol. The number of nitrogens with one attached hydrogen (secondary N) is 1. The van der Waals surface area contributed by atoms with E-state index in [1.165, 1.54) is 0 Å². The van der Waals surface area contributed by atoms with Crippen molar-refractivity contribution in [2.75, 3.05) is 25.2 Å². The quantitative estimate of drug-likeness (QED) is 0.915. The predicted octanol–water partition coefficient (Wildman–Crippen LogP) is 1.42. The lowest BCUT2D eigenvalue weighted by Gasteiger charge is -2.38. The summed E-state index contributed by atoms with van der Waals surface area (Å²) in [5.41, 5.74) is 0.519. The molecular formula is C16H15N3O5. The lowest BCUT2D eigenvalue weighted by atomic mass is 9.97. The van der Waals surface area contributed by atoms with Gasteiger partial charge < -0.3 is 24.2 Å². The summed E-state index contributed by atoms with van der Waals surface area (Å²) < 4.78 is 15.4. The number of likely N-dealkylation sites (tertiary alicyclic amines) is 1. The first-order valence-corrected chi connectivity index (χ1v) is 7.53. The second kappa shape index (κ2) is 5.55. The number of aromatic nitrogens is 1. The average molecular weight is 329 g/mol. The minimum Gasteiger partial charge on any atom is -0.454 e. The van der Waals surface area contributed by atoms with Crippen LogP contribution in [0.4, 0.5) is 5.82 Å². The summed E-state index contributed by atoms with van der Waals surface area (Å²) in [5.74, 6) is 1.66. The molecule has 4 rings (SSSR count). The maximum atomic E-state index is 12.4. The Labute approximate surface area is 137 Å². The van der Waals surface area contributed by atoms with Gasteiger partial charge in [0.05, 0.1) is 5.92 Å². The largest absolute Gasteiger partial charge is 0.454 e. The van der Waals surface area contributed by atoms with E-state index in [0.717, 1.165) is 0 Å². The molecule has 1 fully saturated rings. The van der Waals surface area contributed by atoms with Crippen LogP contribution < -0.4 is 14.8 Å². The number of carbonyl (C=O) groups excluding carboxylic acids is 2. The van der Waals surface area contributed by atoms with Crippen LogP contribution in [0.3, 0.4) is 0 Å². The minimum absolute atomic E-state index is 0.130. The van der Waals surface area contributed by atoms with Crippen LogP contribution in [0.2, 0.25) is 0 Å². The van der Waals surface area contributed by atoms with Gasteiger partial charge in [-0.05, 0) is 25.1 Å². The summed E-state index contributed by atoms with van der Waals surface area (Å²) in [5, 5.41) is 6.40. The topological polar surface area (TPSA) is 93.9 Å². The highest BCUT2D eigenvalue weighted by molar-refractivity contribution is 5.98. The number of hydrogen-bond donors (Lipinski definition) is 1. The fraction of sp³-hybridized carbons (Fsp3) is 0.312.